The molecule has 2 N–H and O–H groups in total. The number of hydrogen-bond donors (Lipinski definition) is 2. The van der Waals surface area contributed by atoms with E-state index in [1.54, 1.807) is 25.3 Å². The Morgan fingerprint density at radius 2 is 2.19 bits per heavy atom. The number of aromatic nitrogens is 3. The highest BCUT2D eigenvalue weighted by molar-refractivity contribution is 5.95. The summed E-state index contributed by atoms with van der Waals surface area (Å²) in [5.41, 5.74) is 1.44. The Labute approximate surface area is 124 Å². The van der Waals surface area contributed by atoms with E-state index in [1.165, 1.54) is 0 Å². The van der Waals surface area contributed by atoms with E-state index in [2.05, 4.69) is 39.7 Å². The number of hydrogen-bond acceptors (Lipinski definition) is 6. The van der Waals surface area contributed by atoms with Gasteiger partial charge in [-0.3, -0.25) is 4.79 Å². The second-order valence-electron chi connectivity index (χ2n) is 4.88. The summed E-state index contributed by atoms with van der Waals surface area (Å²) in [6, 6.07) is 7.54. The summed E-state index contributed by atoms with van der Waals surface area (Å²) in [4.78, 5) is 15.7. The number of carbonyl (C=O) groups excluding carboxylic acids is 1. The van der Waals surface area contributed by atoms with E-state index in [0.29, 0.717) is 17.3 Å². The highest BCUT2D eigenvalue weighted by Gasteiger charge is 2.05. The van der Waals surface area contributed by atoms with Crippen LogP contribution < -0.4 is 10.6 Å². The van der Waals surface area contributed by atoms with Gasteiger partial charge in [0.2, 0.25) is 5.95 Å². The molecule has 0 fully saturated rings. The maximum absolute atomic E-state index is 11.4. The first kappa shape index (κ1) is 14.9. The summed E-state index contributed by atoms with van der Waals surface area (Å²) in [5.74, 6) is 1.09. The lowest BCUT2D eigenvalue weighted by molar-refractivity contribution is 0.101. The molecule has 0 aliphatic rings. The minimum Gasteiger partial charge on any atom is -0.350 e. The third kappa shape index (κ3) is 4.24. The van der Waals surface area contributed by atoms with E-state index in [0.717, 1.165) is 12.1 Å². The van der Waals surface area contributed by atoms with Crippen molar-refractivity contribution in [1.29, 1.82) is 0 Å². The molecule has 6 nitrogen and oxygen atoms in total. The van der Waals surface area contributed by atoms with Crippen molar-refractivity contribution in [2.24, 2.45) is 0 Å². The summed E-state index contributed by atoms with van der Waals surface area (Å²) in [6.45, 7) is 5.68. The van der Waals surface area contributed by atoms with Gasteiger partial charge in [0, 0.05) is 17.3 Å². The van der Waals surface area contributed by atoms with E-state index < -0.39 is 0 Å². The SMILES string of the molecule is CCC(C)Nc1nncc(Nc2cccc(C(C)=O)c2)n1. The maximum atomic E-state index is 11.4. The minimum atomic E-state index is 0.0265. The van der Waals surface area contributed by atoms with E-state index in [4.69, 9.17) is 0 Å². The summed E-state index contributed by atoms with van der Waals surface area (Å²) in [6.07, 6.45) is 2.52. The molecule has 21 heavy (non-hydrogen) atoms. The second kappa shape index (κ2) is 6.78. The topological polar surface area (TPSA) is 79.8 Å². The Morgan fingerprint density at radius 1 is 1.38 bits per heavy atom. The van der Waals surface area contributed by atoms with E-state index >= 15 is 0 Å². The number of nitrogens with one attached hydrogen (secondary N) is 2. The van der Waals surface area contributed by atoms with Crippen LogP contribution in [0.2, 0.25) is 0 Å². The van der Waals surface area contributed by atoms with Gasteiger partial charge >= 0.3 is 0 Å². The van der Waals surface area contributed by atoms with Crippen LogP contribution in [0.25, 0.3) is 0 Å². The third-order valence-electron chi connectivity index (χ3n) is 3.09. The fourth-order valence-corrected chi connectivity index (χ4v) is 1.71. The zero-order valence-corrected chi connectivity index (χ0v) is 12.4. The Balaban J connectivity index is 2.14. The lowest BCUT2D eigenvalue weighted by Crippen LogP contribution is -2.16. The number of carbonyl (C=O) groups is 1. The quantitative estimate of drug-likeness (QED) is 0.794. The van der Waals surface area contributed by atoms with Crippen molar-refractivity contribution in [3.8, 4) is 0 Å². The molecule has 1 aromatic carbocycles. The number of ketones is 1. The lowest BCUT2D eigenvalue weighted by atomic mass is 10.1. The molecule has 0 bridgehead atoms. The first-order chi connectivity index (χ1) is 10.1. The summed E-state index contributed by atoms with van der Waals surface area (Å²) in [7, 11) is 0. The predicted molar refractivity (Wildman–Crippen MR) is 82.9 cm³/mol. The molecule has 6 heteroatoms. The van der Waals surface area contributed by atoms with Crippen LogP contribution in [0.5, 0.6) is 0 Å². The van der Waals surface area contributed by atoms with Gasteiger partial charge in [0.25, 0.3) is 0 Å². The molecule has 0 saturated carbocycles. The second-order valence-corrected chi connectivity index (χ2v) is 4.88. The number of anilines is 3. The zero-order valence-electron chi connectivity index (χ0n) is 12.4. The van der Waals surface area contributed by atoms with E-state index in [9.17, 15) is 4.79 Å². The summed E-state index contributed by atoms with van der Waals surface area (Å²) < 4.78 is 0. The number of rotatable bonds is 6. The van der Waals surface area contributed by atoms with Crippen LogP contribution in [0.3, 0.4) is 0 Å². The molecule has 1 atom stereocenters. The van der Waals surface area contributed by atoms with Crippen LogP contribution in [0.4, 0.5) is 17.5 Å². The first-order valence-corrected chi connectivity index (χ1v) is 6.92. The average Bonchev–Trinajstić information content (AvgIpc) is 2.47. The van der Waals surface area contributed by atoms with Gasteiger partial charge in [-0.15, -0.1) is 5.10 Å². The average molecular weight is 285 g/mol. The molecule has 0 aliphatic heterocycles. The minimum absolute atomic E-state index is 0.0265. The molecule has 1 heterocycles. The number of Topliss-reactive ketones (excluding diaryl/α,β-unsaturated/α-hetero) is 1. The van der Waals surface area contributed by atoms with Gasteiger partial charge < -0.3 is 10.6 Å². The van der Waals surface area contributed by atoms with Gasteiger partial charge in [-0.2, -0.15) is 10.1 Å². The van der Waals surface area contributed by atoms with Crippen LogP contribution in [-0.4, -0.2) is 27.0 Å². The monoisotopic (exact) mass is 285 g/mol. The van der Waals surface area contributed by atoms with Gasteiger partial charge in [0.15, 0.2) is 11.6 Å². The van der Waals surface area contributed by atoms with Crippen LogP contribution in [-0.2, 0) is 0 Å². The molecule has 110 valence electrons. The summed E-state index contributed by atoms with van der Waals surface area (Å²) in [5, 5.41) is 14.2. The molecule has 1 aromatic heterocycles. The molecular formula is C15H19N5O. The molecule has 0 aliphatic carbocycles. The molecular weight excluding hydrogens is 266 g/mol. The molecule has 0 amide bonds. The Morgan fingerprint density at radius 3 is 2.90 bits per heavy atom. The van der Waals surface area contributed by atoms with Crippen molar-refractivity contribution in [1.82, 2.24) is 15.2 Å². The smallest absolute Gasteiger partial charge is 0.244 e. The van der Waals surface area contributed by atoms with Gasteiger partial charge in [0.05, 0.1) is 6.20 Å². The fraction of sp³-hybridized carbons (Fsp3) is 0.333. The van der Waals surface area contributed by atoms with E-state index in [-0.39, 0.29) is 11.8 Å². The molecule has 2 rings (SSSR count). The lowest BCUT2D eigenvalue weighted by Gasteiger charge is -2.11. The standard InChI is InChI=1S/C15H19N5O/c1-4-10(2)17-15-19-14(9-16-20-15)18-13-7-5-6-12(8-13)11(3)21/h5-10H,4H2,1-3H3,(H2,17,18,19,20). The van der Waals surface area contributed by atoms with Gasteiger partial charge in [-0.25, -0.2) is 0 Å². The van der Waals surface area contributed by atoms with Crippen LogP contribution >= 0.6 is 0 Å². The molecule has 1 unspecified atom stereocenters. The highest BCUT2D eigenvalue weighted by atomic mass is 16.1. The molecule has 2 aromatic rings. The highest BCUT2D eigenvalue weighted by Crippen LogP contribution is 2.16. The first-order valence-electron chi connectivity index (χ1n) is 6.92. The van der Waals surface area contributed by atoms with Crippen molar-refractivity contribution in [3.63, 3.8) is 0 Å². The molecule has 0 saturated heterocycles. The van der Waals surface area contributed by atoms with Gasteiger partial charge in [-0.05, 0) is 32.4 Å². The van der Waals surface area contributed by atoms with Crippen molar-refractivity contribution in [2.45, 2.75) is 33.2 Å². The molecule has 0 radical (unpaired) electrons. The van der Waals surface area contributed by atoms with Gasteiger partial charge in [0.1, 0.15) is 0 Å². The van der Waals surface area contributed by atoms with Crippen molar-refractivity contribution in [3.05, 3.63) is 36.0 Å². The largest absolute Gasteiger partial charge is 0.350 e. The normalized spacial score (nSPS) is 11.8. The number of nitrogens with zero attached hydrogens (tertiary/aromatic N) is 3. The Kier molecular flexibility index (Phi) is 4.81. The van der Waals surface area contributed by atoms with Crippen LogP contribution in [0.15, 0.2) is 30.5 Å². The third-order valence-corrected chi connectivity index (χ3v) is 3.09. The Bertz CT molecular complexity index is 629. The number of benzene rings is 1. The van der Waals surface area contributed by atoms with Crippen molar-refractivity contribution in [2.75, 3.05) is 10.6 Å². The molecule has 0 spiro atoms. The summed E-state index contributed by atoms with van der Waals surface area (Å²) >= 11 is 0. The fourth-order valence-electron chi connectivity index (χ4n) is 1.71. The van der Waals surface area contributed by atoms with Crippen LogP contribution in [0, 0.1) is 0 Å². The zero-order chi connectivity index (χ0) is 15.2. The van der Waals surface area contributed by atoms with E-state index in [1.807, 2.05) is 12.1 Å². The van der Waals surface area contributed by atoms with Crippen LogP contribution in [0.1, 0.15) is 37.6 Å². The predicted octanol–water partition coefficient (Wildman–Crippen LogP) is 3.03. The maximum Gasteiger partial charge on any atom is 0.244 e. The van der Waals surface area contributed by atoms with Crippen molar-refractivity contribution >= 4 is 23.2 Å². The Hall–Kier alpha value is -2.50. The van der Waals surface area contributed by atoms with Gasteiger partial charge in [-0.1, -0.05) is 19.1 Å². The van der Waals surface area contributed by atoms with Crippen molar-refractivity contribution < 1.29 is 4.79 Å².